The van der Waals surface area contributed by atoms with Gasteiger partial charge in [-0.2, -0.15) is 9.97 Å². The molecule has 10 fully saturated rings. The molecule has 10 aromatic rings. The molecule has 10 saturated heterocycles. The molecule has 141 heavy (non-hydrogen) atoms. The van der Waals surface area contributed by atoms with Crippen LogP contribution in [0, 0.1) is 0 Å². The number of benzene rings is 3. The van der Waals surface area contributed by atoms with Gasteiger partial charge in [0.15, 0.2) is 48.1 Å². The van der Waals surface area contributed by atoms with Crippen LogP contribution < -0.4 is 76.8 Å². The number of aliphatic hydroxyl groups is 10. The van der Waals surface area contributed by atoms with Crippen LogP contribution in [0.3, 0.4) is 0 Å². The number of nitrogens with zero attached hydrogens (tertiary/aromatic N) is 9. The molecule has 3 aromatic carbocycles. The number of alkyl halides is 3. The molecule has 0 aliphatic carbocycles. The Balaban J connectivity index is 0.000000119. The zero-order valence-corrected chi connectivity index (χ0v) is 79.7. The van der Waals surface area contributed by atoms with Gasteiger partial charge >= 0.3 is 40.5 Å². The Kier molecular flexibility index (Phi) is 32.3. The molecule has 0 amide bonds. The number of aromatic nitrogens is 14. The van der Waals surface area contributed by atoms with Crippen LogP contribution in [-0.4, -0.2) is 287 Å². The SMILES string of the molecule is CC1(c2ccccc2)OC[C@H]2S[C@@H](n3ccc(=O)[nH]c3=O)[C@@H](O)[C@@H]2O1.CC1(c2ccccc2)OC[C@H]2S[C@@H](n3ccc(=O)[nH]c3=O)[C@H](F)[C@@H]2O1.CC1(c2ccccc2)OC[C@H]2S[C@@H]3[C@@H](Oc4nc(=O)ccn43)[C@@H]2O1.O=c1ccn([C@@H]2S[C@H](CO)[C@@H](O)[C@H]2F)c(=O)[nH]1.O=c1ccn([C@@H]2S[C@H](CO)[C@@H](O)[C@H]2F)c(=O)[nH]1.O=c1ccn([C@@H]2S[C@H](CO)[C@@H](O)[C@H]2O)c(=O)[nH]1.O=c1ccn2c(n1)O[C@H]1[C@H](O)[C@@H](CO)S[C@H]12. The van der Waals surface area contributed by atoms with Gasteiger partial charge in [0.25, 0.3) is 38.9 Å². The quantitative estimate of drug-likeness (QED) is 0.0698. The lowest BCUT2D eigenvalue weighted by molar-refractivity contribution is -0.301. The van der Waals surface area contributed by atoms with E-state index < -0.39 is 190 Å². The number of H-pyrrole nitrogens is 5. The average molecular weight is 2100 g/mol. The Morgan fingerprint density at radius 3 is 0.965 bits per heavy atom. The molecule has 3 unspecified atom stereocenters. The molecule has 44 nitrogen and oxygen atoms in total. The van der Waals surface area contributed by atoms with Crippen molar-refractivity contribution in [2.75, 3.05) is 46.2 Å². The summed E-state index contributed by atoms with van der Waals surface area (Å²) in [4.78, 5) is 154. The number of hydrogen-bond acceptors (Lipinski definition) is 39. The third-order valence-electron chi connectivity index (χ3n) is 24.6. The molecule has 12 aliphatic rings. The number of nitrogens with one attached hydrogen (secondary N) is 5. The summed E-state index contributed by atoms with van der Waals surface area (Å²) in [5.41, 5.74) is -3.89. The van der Waals surface area contributed by atoms with Gasteiger partial charge in [-0.05, 0) is 20.8 Å². The third kappa shape index (κ3) is 21.9. The van der Waals surface area contributed by atoms with E-state index in [1.807, 2.05) is 119 Å². The number of aromatic amines is 5. The lowest BCUT2D eigenvalue weighted by Gasteiger charge is -2.41. The summed E-state index contributed by atoms with van der Waals surface area (Å²) >= 11 is 8.91. The van der Waals surface area contributed by atoms with Crippen molar-refractivity contribution in [2.24, 2.45) is 0 Å². The molecule has 19 heterocycles. The van der Waals surface area contributed by atoms with E-state index in [2.05, 4.69) is 24.9 Å². The molecule has 12 aliphatic heterocycles. The summed E-state index contributed by atoms with van der Waals surface area (Å²) < 4.78 is 99.7. The highest BCUT2D eigenvalue weighted by atomic mass is 32.2. The van der Waals surface area contributed by atoms with Crippen LogP contribution in [0.4, 0.5) is 13.2 Å². The molecule has 756 valence electrons. The second-order valence-electron chi connectivity index (χ2n) is 33.7. The second kappa shape index (κ2) is 43.9. The summed E-state index contributed by atoms with van der Waals surface area (Å²) in [6, 6.07) is 38.1. The first kappa shape index (κ1) is 104. The van der Waals surface area contributed by atoms with Crippen LogP contribution in [-0.2, 0) is 45.8 Å². The Labute approximate surface area is 821 Å². The zero-order chi connectivity index (χ0) is 101. The smallest absolute Gasteiger partial charge is 0.329 e. The predicted molar refractivity (Wildman–Crippen MR) is 508 cm³/mol. The highest BCUT2D eigenvalue weighted by Crippen LogP contribution is 2.56. The van der Waals surface area contributed by atoms with Gasteiger partial charge in [0, 0.05) is 103 Å². The normalized spacial score (nSPS) is 34.4. The monoisotopic (exact) mass is 2100 g/mol. The summed E-state index contributed by atoms with van der Waals surface area (Å²) in [7, 11) is 0. The Bertz CT molecular complexity index is 6490. The van der Waals surface area contributed by atoms with Crippen molar-refractivity contribution in [3.63, 3.8) is 0 Å². The van der Waals surface area contributed by atoms with Crippen molar-refractivity contribution in [2.45, 2.75) is 198 Å². The van der Waals surface area contributed by atoms with Gasteiger partial charge in [-0.1, -0.05) is 91.0 Å². The highest BCUT2D eigenvalue weighted by molar-refractivity contribution is 8.01. The van der Waals surface area contributed by atoms with Gasteiger partial charge in [0.2, 0.25) is 0 Å². The Hall–Kier alpha value is -9.98. The van der Waals surface area contributed by atoms with Crippen LogP contribution in [0.15, 0.2) is 234 Å². The minimum absolute atomic E-state index is 0.0600. The molecule has 0 saturated carbocycles. The van der Waals surface area contributed by atoms with Gasteiger partial charge in [-0.15, -0.1) is 82.3 Å². The van der Waals surface area contributed by atoms with Gasteiger partial charge in [-0.25, -0.2) is 37.1 Å². The van der Waals surface area contributed by atoms with Gasteiger partial charge in [0.1, 0.15) is 86.4 Å². The first-order valence-electron chi connectivity index (χ1n) is 43.7. The van der Waals surface area contributed by atoms with E-state index in [1.165, 1.54) is 99.7 Å². The summed E-state index contributed by atoms with van der Waals surface area (Å²) in [5, 5.41) is 88.7. The largest absolute Gasteiger partial charge is 0.455 e. The fraction of sp³-hybridized carbons (Fsp3) is 0.471. The topological polar surface area (TPSA) is 620 Å². The fourth-order valence-electron chi connectivity index (χ4n) is 17.3. The van der Waals surface area contributed by atoms with Gasteiger partial charge < -0.3 is 89.0 Å². The van der Waals surface area contributed by atoms with Crippen LogP contribution in [0.2, 0.25) is 0 Å². The van der Waals surface area contributed by atoms with Gasteiger partial charge in [0.05, 0.1) is 89.1 Å². The maximum atomic E-state index is 15.1. The van der Waals surface area contributed by atoms with Crippen LogP contribution in [0.1, 0.15) is 75.1 Å². The first-order valence-corrected chi connectivity index (χ1v) is 50.3. The third-order valence-corrected chi connectivity index (χ3v) is 35.4. The maximum Gasteiger partial charge on any atom is 0.329 e. The minimum atomic E-state index is -1.67. The molecule has 31 atom stereocenters. The average Bonchev–Trinajstić information content (AvgIpc) is 1.61. The van der Waals surface area contributed by atoms with E-state index in [4.69, 9.17) is 58.3 Å². The molecule has 0 spiro atoms. The van der Waals surface area contributed by atoms with Crippen LogP contribution in [0.5, 0.6) is 12.0 Å². The molecule has 0 bridgehead atoms. The van der Waals surface area contributed by atoms with E-state index in [-0.39, 0.29) is 87.5 Å². The Morgan fingerprint density at radius 1 is 0.312 bits per heavy atom. The zero-order valence-electron chi connectivity index (χ0n) is 74.0. The number of hydrogen-bond donors (Lipinski definition) is 15. The first-order chi connectivity index (χ1) is 67.4. The lowest BCUT2D eigenvalue weighted by Crippen LogP contribution is -2.50. The van der Waals surface area contributed by atoms with E-state index in [9.17, 15) is 97.0 Å². The molecule has 0 radical (unpaired) electrons. The number of fused-ring (bicyclic) bond motifs is 10. The standard InChI is InChI=1S/C17H17FN2O4S.C17H18N2O5S.C17H16N2O4S.2C9H11FN2O4S.C9H12N2O5S.C9H10N2O4S/c1-17(10-5-3-2-4-6-10)23-9-11-14(24-17)13(18)15(25-11)20-8-7-12(21)19-16(20)22;1-17(10-5-3-2-4-6-10)23-9-11-14(24-17)13(21)15(25-11)19-8-7-12(20)18-16(19)22;1-17(10-5-3-2-4-6-10)21-9-11-13(23-17)14-15(24-11)19-8-7-12(20)18-16(19)22-14;2*10-6-7(15)4(3-13)17-8(6)12-2-1-5(14)11-9(12)16;12-3-4-6(14)7(15)8(17-4)11-2-1-5(13)10-9(11)16;12-3-4-6(14)7-8(16-4)11-2-1-5(13)10-9(11)15-7/h2-8,11,13-15H,9H2,1H3,(H,19,21,22);2-8,11,13-15,21H,9H2,1H3,(H,18,20,22);2-8,11,13-15H,9H2,1H3;2*1-2,4,6-8,13,15H,3H2,(H,11,14,16);1-2,4,6-8,12,14-15H,3H2,(H,10,13,16);1-2,4,6-8,12,14H,3H2/t11-,13-,14-,15-,17?;11-,13+,14-,15-,17?;11-,13-,14+,15-,17?;3*4-,6-,7-,8-;4-,6-,7+,8-/m1111111/s1. The maximum absolute atomic E-state index is 15.1. The van der Waals surface area contributed by atoms with Crippen LogP contribution in [0.25, 0.3) is 0 Å². The number of ether oxygens (including phenoxy) is 8. The summed E-state index contributed by atoms with van der Waals surface area (Å²) in [6.45, 7) is 5.72. The second-order valence-corrected chi connectivity index (χ2v) is 43.3. The Morgan fingerprint density at radius 2 is 0.596 bits per heavy atom. The number of halogens is 3. The lowest BCUT2D eigenvalue weighted by atomic mass is 10.0. The molecule has 54 heteroatoms. The van der Waals surface area contributed by atoms with E-state index >= 15 is 4.39 Å². The highest BCUT2D eigenvalue weighted by Gasteiger charge is 2.59. The summed E-state index contributed by atoms with van der Waals surface area (Å²) in [6.07, 6.45) is -3.49. The fourth-order valence-corrected chi connectivity index (χ4v) is 27.3. The van der Waals surface area contributed by atoms with Crippen LogP contribution >= 0.6 is 82.3 Å². The molecule has 15 N–H and O–H groups in total. The molecular formula is C87H95F3N14O30S7. The van der Waals surface area contributed by atoms with Crippen molar-refractivity contribution in [3.8, 4) is 12.0 Å². The van der Waals surface area contributed by atoms with Crippen molar-refractivity contribution < 1.29 is 102 Å². The van der Waals surface area contributed by atoms with Crippen molar-refractivity contribution >= 4 is 82.3 Å². The van der Waals surface area contributed by atoms with E-state index in [0.29, 0.717) is 25.8 Å². The summed E-state index contributed by atoms with van der Waals surface area (Å²) in [5.74, 6) is -2.77. The predicted octanol–water partition coefficient (Wildman–Crippen LogP) is -0.997. The van der Waals surface area contributed by atoms with Crippen molar-refractivity contribution in [3.05, 3.63) is 318 Å². The van der Waals surface area contributed by atoms with E-state index in [1.54, 1.807) is 35.6 Å². The minimum Gasteiger partial charge on any atom is -0.455 e. The van der Waals surface area contributed by atoms with Gasteiger partial charge in [-0.3, -0.25) is 90.5 Å². The number of thioether (sulfide) groups is 7. The molecule has 7 aromatic heterocycles. The number of rotatable bonds is 12. The van der Waals surface area contributed by atoms with Crippen molar-refractivity contribution in [1.82, 2.24) is 66.9 Å². The van der Waals surface area contributed by atoms with E-state index in [0.717, 1.165) is 83.9 Å². The number of aliphatic hydroxyl groups excluding tert-OH is 10. The van der Waals surface area contributed by atoms with Crippen molar-refractivity contribution in [1.29, 1.82) is 0 Å². The molecular weight excluding hydrogens is 2000 g/mol. The molecule has 22 rings (SSSR count).